The van der Waals surface area contributed by atoms with Crippen LogP contribution in [0, 0.1) is 18.7 Å². The lowest BCUT2D eigenvalue weighted by Crippen LogP contribution is -2.44. The third-order valence-corrected chi connectivity index (χ3v) is 6.27. The number of nitrogens with zero attached hydrogens (tertiary/aromatic N) is 3. The summed E-state index contributed by atoms with van der Waals surface area (Å²) < 4.78 is 25.2. The molecular formula is C23H30FN3O3. The van der Waals surface area contributed by atoms with Crippen molar-refractivity contribution in [3.63, 3.8) is 0 Å². The van der Waals surface area contributed by atoms with E-state index in [2.05, 4.69) is 14.8 Å². The number of methoxy groups -OCH3 is 1. The minimum atomic E-state index is -0.388. The third-order valence-electron chi connectivity index (χ3n) is 6.27. The molecule has 0 aliphatic carbocycles. The standard InChI is InChI=1S/C23H30FN3O3/c1-16-21(25-22(30-16)19-14-18(29-2)6-7-20(19)24)15-26-12-8-17(9-13-26)23(28)27-10-4-3-5-11-27/h6-7,14,17H,3-5,8-13,15H2,1-2H3. The van der Waals surface area contributed by atoms with E-state index in [9.17, 15) is 9.18 Å². The molecule has 30 heavy (non-hydrogen) atoms. The van der Waals surface area contributed by atoms with Crippen molar-refractivity contribution in [3.05, 3.63) is 35.5 Å². The summed E-state index contributed by atoms with van der Waals surface area (Å²) >= 11 is 0. The van der Waals surface area contributed by atoms with Crippen molar-refractivity contribution in [2.45, 2.75) is 45.6 Å². The van der Waals surface area contributed by atoms with E-state index in [1.807, 2.05) is 6.92 Å². The van der Waals surface area contributed by atoms with E-state index in [4.69, 9.17) is 9.15 Å². The third kappa shape index (κ3) is 4.51. The minimum absolute atomic E-state index is 0.138. The van der Waals surface area contributed by atoms with E-state index < -0.39 is 0 Å². The molecule has 0 spiro atoms. The van der Waals surface area contributed by atoms with Crippen LogP contribution < -0.4 is 4.74 Å². The fraction of sp³-hybridized carbons (Fsp3) is 0.565. The van der Waals surface area contributed by atoms with E-state index in [0.29, 0.717) is 29.5 Å². The molecule has 0 bridgehead atoms. The molecule has 1 aromatic carbocycles. The fourth-order valence-electron chi connectivity index (χ4n) is 4.41. The number of ether oxygens (including phenoxy) is 1. The molecule has 1 aromatic heterocycles. The Morgan fingerprint density at radius 1 is 1.20 bits per heavy atom. The van der Waals surface area contributed by atoms with E-state index in [1.54, 1.807) is 19.2 Å². The highest BCUT2D eigenvalue weighted by molar-refractivity contribution is 5.79. The highest BCUT2D eigenvalue weighted by atomic mass is 19.1. The van der Waals surface area contributed by atoms with Crippen molar-refractivity contribution in [2.75, 3.05) is 33.3 Å². The van der Waals surface area contributed by atoms with Gasteiger partial charge in [-0.3, -0.25) is 9.69 Å². The van der Waals surface area contributed by atoms with Gasteiger partial charge in [0.1, 0.15) is 17.3 Å². The summed E-state index contributed by atoms with van der Waals surface area (Å²) in [7, 11) is 1.54. The summed E-state index contributed by atoms with van der Waals surface area (Å²) in [5, 5.41) is 0. The molecule has 4 rings (SSSR count). The zero-order valence-electron chi connectivity index (χ0n) is 17.8. The van der Waals surface area contributed by atoms with Crippen LogP contribution in [0.15, 0.2) is 22.6 Å². The summed E-state index contributed by atoms with van der Waals surface area (Å²) in [4.78, 5) is 21.7. The number of aryl methyl sites for hydroxylation is 1. The van der Waals surface area contributed by atoms with Gasteiger partial charge in [0.15, 0.2) is 0 Å². The van der Waals surface area contributed by atoms with Crippen LogP contribution in [0.1, 0.15) is 43.6 Å². The second-order valence-electron chi connectivity index (χ2n) is 8.30. The Balaban J connectivity index is 1.37. The summed E-state index contributed by atoms with van der Waals surface area (Å²) in [6, 6.07) is 4.53. The van der Waals surface area contributed by atoms with E-state index in [0.717, 1.165) is 57.6 Å². The molecule has 2 fully saturated rings. The Kier molecular flexibility index (Phi) is 6.37. The maximum atomic E-state index is 14.3. The van der Waals surface area contributed by atoms with Gasteiger partial charge in [0, 0.05) is 25.6 Å². The van der Waals surface area contributed by atoms with Gasteiger partial charge in [0.25, 0.3) is 0 Å². The van der Waals surface area contributed by atoms with Gasteiger partial charge >= 0.3 is 0 Å². The zero-order chi connectivity index (χ0) is 21.1. The molecule has 6 nitrogen and oxygen atoms in total. The van der Waals surface area contributed by atoms with Gasteiger partial charge < -0.3 is 14.1 Å². The number of aromatic nitrogens is 1. The first kappa shape index (κ1) is 20.8. The number of piperidine rings is 2. The van der Waals surface area contributed by atoms with Gasteiger partial charge in [-0.1, -0.05) is 0 Å². The SMILES string of the molecule is COc1ccc(F)c(-c2nc(CN3CCC(C(=O)N4CCCCC4)CC3)c(C)o2)c1. The van der Waals surface area contributed by atoms with Crippen molar-refractivity contribution in [2.24, 2.45) is 5.92 Å². The van der Waals surface area contributed by atoms with Crippen molar-refractivity contribution in [1.29, 1.82) is 0 Å². The summed E-state index contributed by atoms with van der Waals surface area (Å²) in [5.41, 5.74) is 1.11. The van der Waals surface area contributed by atoms with Crippen LogP contribution in [0.5, 0.6) is 5.75 Å². The predicted octanol–water partition coefficient (Wildman–Crippen LogP) is 4.02. The number of hydrogen-bond donors (Lipinski definition) is 0. The van der Waals surface area contributed by atoms with Crippen LogP contribution in [0.3, 0.4) is 0 Å². The quantitative estimate of drug-likeness (QED) is 0.738. The van der Waals surface area contributed by atoms with Gasteiger partial charge in [-0.25, -0.2) is 9.37 Å². The first-order chi connectivity index (χ1) is 14.5. The van der Waals surface area contributed by atoms with Gasteiger partial charge in [-0.05, 0) is 70.3 Å². The van der Waals surface area contributed by atoms with E-state index in [-0.39, 0.29) is 17.6 Å². The normalized spacial score (nSPS) is 18.6. The second-order valence-corrected chi connectivity index (χ2v) is 8.30. The van der Waals surface area contributed by atoms with Crippen molar-refractivity contribution >= 4 is 5.91 Å². The molecule has 1 amide bonds. The second kappa shape index (κ2) is 9.16. The van der Waals surface area contributed by atoms with E-state index >= 15 is 0 Å². The molecule has 3 heterocycles. The zero-order valence-corrected chi connectivity index (χ0v) is 17.8. The van der Waals surface area contributed by atoms with Crippen molar-refractivity contribution in [1.82, 2.24) is 14.8 Å². The molecule has 162 valence electrons. The largest absolute Gasteiger partial charge is 0.497 e. The van der Waals surface area contributed by atoms with Gasteiger partial charge in [-0.15, -0.1) is 0 Å². The van der Waals surface area contributed by atoms with Crippen molar-refractivity contribution in [3.8, 4) is 17.2 Å². The molecule has 0 saturated carbocycles. The lowest BCUT2D eigenvalue weighted by Gasteiger charge is -2.35. The Bertz CT molecular complexity index is 884. The summed E-state index contributed by atoms with van der Waals surface area (Å²) in [6.45, 7) is 6.06. The molecule has 0 N–H and O–H groups in total. The van der Waals surface area contributed by atoms with Crippen LogP contribution in [0.25, 0.3) is 11.5 Å². The topological polar surface area (TPSA) is 58.8 Å². The number of rotatable bonds is 5. The van der Waals surface area contributed by atoms with Crippen LogP contribution in [0.4, 0.5) is 4.39 Å². The molecule has 2 aliphatic rings. The van der Waals surface area contributed by atoms with Crippen LogP contribution >= 0.6 is 0 Å². The van der Waals surface area contributed by atoms with E-state index in [1.165, 1.54) is 12.5 Å². The fourth-order valence-corrected chi connectivity index (χ4v) is 4.41. The van der Waals surface area contributed by atoms with Gasteiger partial charge in [-0.2, -0.15) is 0 Å². The molecule has 2 saturated heterocycles. The number of hydrogen-bond acceptors (Lipinski definition) is 5. The smallest absolute Gasteiger partial charge is 0.229 e. The number of carbonyl (C=O) groups is 1. The number of likely N-dealkylation sites (tertiary alicyclic amines) is 2. The Morgan fingerprint density at radius 2 is 1.93 bits per heavy atom. The number of carbonyl (C=O) groups excluding carboxylic acids is 1. The summed E-state index contributed by atoms with van der Waals surface area (Å²) in [5.74, 6) is 1.61. The molecule has 0 unspecified atom stereocenters. The first-order valence-electron chi connectivity index (χ1n) is 10.9. The highest BCUT2D eigenvalue weighted by Gasteiger charge is 2.29. The average Bonchev–Trinajstić information content (AvgIpc) is 3.14. The first-order valence-corrected chi connectivity index (χ1v) is 10.9. The molecular weight excluding hydrogens is 385 g/mol. The molecule has 2 aromatic rings. The molecule has 0 radical (unpaired) electrons. The van der Waals surface area contributed by atoms with Crippen LogP contribution in [0.2, 0.25) is 0 Å². The average molecular weight is 416 g/mol. The molecule has 2 aliphatic heterocycles. The predicted molar refractivity (Wildman–Crippen MR) is 112 cm³/mol. The minimum Gasteiger partial charge on any atom is -0.497 e. The number of amides is 1. The molecule has 0 atom stereocenters. The number of benzene rings is 1. The molecule has 7 heteroatoms. The Hall–Kier alpha value is -2.41. The summed E-state index contributed by atoms with van der Waals surface area (Å²) in [6.07, 6.45) is 5.26. The number of halogens is 1. The lowest BCUT2D eigenvalue weighted by atomic mass is 9.94. The van der Waals surface area contributed by atoms with Crippen LogP contribution in [-0.4, -0.2) is 54.0 Å². The van der Waals surface area contributed by atoms with Gasteiger partial charge in [0.05, 0.1) is 18.4 Å². The van der Waals surface area contributed by atoms with Crippen molar-refractivity contribution < 1.29 is 18.3 Å². The maximum absolute atomic E-state index is 14.3. The Labute approximate surface area is 177 Å². The lowest BCUT2D eigenvalue weighted by molar-refractivity contribution is -0.138. The Morgan fingerprint density at radius 3 is 2.63 bits per heavy atom. The highest BCUT2D eigenvalue weighted by Crippen LogP contribution is 2.29. The maximum Gasteiger partial charge on any atom is 0.229 e. The monoisotopic (exact) mass is 415 g/mol. The number of oxazole rings is 1. The van der Waals surface area contributed by atoms with Crippen LogP contribution in [-0.2, 0) is 11.3 Å². The van der Waals surface area contributed by atoms with Gasteiger partial charge in [0.2, 0.25) is 11.8 Å².